The predicted molar refractivity (Wildman–Crippen MR) is 125 cm³/mol. The van der Waals surface area contributed by atoms with E-state index in [1.165, 1.54) is 24.0 Å². The van der Waals surface area contributed by atoms with Crippen LogP contribution in [0.25, 0.3) is 6.08 Å². The Morgan fingerprint density at radius 3 is 2.32 bits per heavy atom. The van der Waals surface area contributed by atoms with Crippen LogP contribution < -0.4 is 0 Å². The molecule has 0 radical (unpaired) electrons. The highest BCUT2D eigenvalue weighted by atomic mass is 19.1. The van der Waals surface area contributed by atoms with Gasteiger partial charge in [0.15, 0.2) is 0 Å². The van der Waals surface area contributed by atoms with Crippen molar-refractivity contribution in [3.8, 4) is 0 Å². The van der Waals surface area contributed by atoms with Crippen molar-refractivity contribution in [1.82, 2.24) is 9.80 Å². The normalized spacial score (nSPS) is 24.5. The lowest BCUT2D eigenvalue weighted by atomic mass is 9.73. The maximum Gasteiger partial charge on any atom is 0.123 e. The summed E-state index contributed by atoms with van der Waals surface area (Å²) < 4.78 is 13.4. The number of piperazine rings is 1. The van der Waals surface area contributed by atoms with Gasteiger partial charge in [0.1, 0.15) is 5.82 Å². The highest BCUT2D eigenvalue weighted by Gasteiger charge is 2.33. The summed E-state index contributed by atoms with van der Waals surface area (Å²) in [5.41, 5.74) is 2.42. The van der Waals surface area contributed by atoms with E-state index in [0.717, 1.165) is 52.1 Å². The quantitative estimate of drug-likeness (QED) is 0.695. The Labute approximate surface area is 186 Å². The Morgan fingerprint density at radius 2 is 1.58 bits per heavy atom. The average molecular weight is 423 g/mol. The lowest BCUT2D eigenvalue weighted by Gasteiger charge is -2.39. The largest absolute Gasteiger partial charge is 0.391 e. The highest BCUT2D eigenvalue weighted by molar-refractivity contribution is 5.48. The third-order valence-electron chi connectivity index (χ3n) is 7.00. The van der Waals surface area contributed by atoms with Crippen LogP contribution >= 0.6 is 0 Å². The van der Waals surface area contributed by atoms with E-state index in [-0.39, 0.29) is 17.8 Å². The average Bonchev–Trinajstić information content (AvgIpc) is 2.81. The third kappa shape index (κ3) is 6.25. The molecule has 0 amide bonds. The summed E-state index contributed by atoms with van der Waals surface area (Å²) in [5.74, 6) is 0.424. The van der Waals surface area contributed by atoms with Crippen LogP contribution in [0.1, 0.15) is 42.7 Å². The van der Waals surface area contributed by atoms with Gasteiger partial charge < -0.3 is 5.11 Å². The predicted octanol–water partition coefficient (Wildman–Crippen LogP) is 4.79. The molecule has 4 heteroatoms. The zero-order chi connectivity index (χ0) is 21.5. The summed E-state index contributed by atoms with van der Waals surface area (Å²) in [6.45, 7) is 5.81. The first-order chi connectivity index (χ1) is 15.2. The Morgan fingerprint density at radius 1 is 0.903 bits per heavy atom. The molecule has 2 aliphatic rings. The second-order valence-corrected chi connectivity index (χ2v) is 9.09. The Hall–Kier alpha value is -2.01. The van der Waals surface area contributed by atoms with Gasteiger partial charge in [0.05, 0.1) is 6.10 Å². The number of benzene rings is 2. The van der Waals surface area contributed by atoms with Crippen molar-refractivity contribution in [2.75, 3.05) is 39.3 Å². The molecule has 0 aromatic heterocycles. The molecule has 166 valence electrons. The fourth-order valence-corrected chi connectivity index (χ4v) is 5.20. The van der Waals surface area contributed by atoms with Crippen LogP contribution in [0.3, 0.4) is 0 Å². The molecule has 1 aliphatic carbocycles. The van der Waals surface area contributed by atoms with E-state index in [1.54, 1.807) is 12.1 Å². The molecule has 0 bridgehead atoms. The maximum atomic E-state index is 13.4. The van der Waals surface area contributed by atoms with E-state index in [0.29, 0.717) is 5.92 Å². The standard InChI is InChI=1S/C27H35FN2O/c28-24-14-12-23(13-15-24)25-10-4-5-11-26(25)27(31)21-30-19-17-29(18-20-30)16-6-9-22-7-2-1-3-8-22/h1-3,6-9,12-15,25-27,31H,4-5,10-11,16-21H2/b9-6+. The van der Waals surface area contributed by atoms with Crippen molar-refractivity contribution in [3.05, 3.63) is 77.6 Å². The van der Waals surface area contributed by atoms with Gasteiger partial charge in [0, 0.05) is 39.3 Å². The van der Waals surface area contributed by atoms with Gasteiger partial charge in [-0.1, -0.05) is 67.5 Å². The fourth-order valence-electron chi connectivity index (χ4n) is 5.20. The van der Waals surface area contributed by atoms with Crippen LogP contribution in [-0.4, -0.2) is 60.3 Å². The van der Waals surface area contributed by atoms with Gasteiger partial charge in [-0.25, -0.2) is 4.39 Å². The van der Waals surface area contributed by atoms with Gasteiger partial charge in [-0.3, -0.25) is 9.80 Å². The molecular weight excluding hydrogens is 387 g/mol. The summed E-state index contributed by atoms with van der Waals surface area (Å²) >= 11 is 0. The van der Waals surface area contributed by atoms with Crippen molar-refractivity contribution in [3.63, 3.8) is 0 Å². The van der Waals surface area contributed by atoms with Crippen LogP contribution in [0.15, 0.2) is 60.7 Å². The smallest absolute Gasteiger partial charge is 0.123 e. The van der Waals surface area contributed by atoms with Gasteiger partial charge in [0.2, 0.25) is 0 Å². The number of hydrogen-bond acceptors (Lipinski definition) is 3. The topological polar surface area (TPSA) is 26.7 Å². The van der Waals surface area contributed by atoms with Crippen molar-refractivity contribution < 1.29 is 9.50 Å². The molecule has 1 heterocycles. The van der Waals surface area contributed by atoms with E-state index >= 15 is 0 Å². The summed E-state index contributed by atoms with van der Waals surface area (Å²) in [6.07, 6.45) is 8.65. The van der Waals surface area contributed by atoms with Crippen molar-refractivity contribution in [2.24, 2.45) is 5.92 Å². The van der Waals surface area contributed by atoms with Gasteiger partial charge in [-0.15, -0.1) is 0 Å². The minimum Gasteiger partial charge on any atom is -0.391 e. The summed E-state index contributed by atoms with van der Waals surface area (Å²) in [4.78, 5) is 4.89. The molecule has 3 unspecified atom stereocenters. The van der Waals surface area contributed by atoms with Gasteiger partial charge >= 0.3 is 0 Å². The lowest BCUT2D eigenvalue weighted by molar-refractivity contribution is 0.0230. The SMILES string of the molecule is OC(CN1CCN(C/C=C/c2ccccc2)CC1)C1CCCCC1c1ccc(F)cc1. The first kappa shape index (κ1) is 22.2. The summed E-state index contributed by atoms with van der Waals surface area (Å²) in [7, 11) is 0. The lowest BCUT2D eigenvalue weighted by Crippen LogP contribution is -2.50. The first-order valence-electron chi connectivity index (χ1n) is 11.8. The molecule has 2 aromatic carbocycles. The van der Waals surface area contributed by atoms with Crippen molar-refractivity contribution in [1.29, 1.82) is 0 Å². The van der Waals surface area contributed by atoms with E-state index in [1.807, 2.05) is 18.2 Å². The number of β-amino-alcohol motifs (C(OH)–C–C–N with tert-alkyl or cyclic N) is 1. The minimum atomic E-state index is -0.320. The molecule has 1 aliphatic heterocycles. The monoisotopic (exact) mass is 422 g/mol. The van der Waals surface area contributed by atoms with E-state index in [2.05, 4.69) is 46.2 Å². The first-order valence-corrected chi connectivity index (χ1v) is 11.8. The molecule has 1 saturated carbocycles. The number of nitrogens with zero attached hydrogens (tertiary/aromatic N) is 2. The maximum absolute atomic E-state index is 13.4. The molecule has 4 rings (SSSR count). The Bertz CT molecular complexity index is 815. The van der Waals surface area contributed by atoms with Crippen LogP contribution in [-0.2, 0) is 0 Å². The molecule has 3 nitrogen and oxygen atoms in total. The summed E-state index contributed by atoms with van der Waals surface area (Å²) in [5, 5.41) is 11.1. The van der Waals surface area contributed by atoms with Crippen molar-refractivity contribution in [2.45, 2.75) is 37.7 Å². The van der Waals surface area contributed by atoms with E-state index in [9.17, 15) is 9.50 Å². The molecule has 31 heavy (non-hydrogen) atoms. The van der Waals surface area contributed by atoms with E-state index in [4.69, 9.17) is 0 Å². The second-order valence-electron chi connectivity index (χ2n) is 9.09. The number of hydrogen-bond donors (Lipinski definition) is 1. The molecule has 1 N–H and O–H groups in total. The number of halogens is 1. The molecule has 2 fully saturated rings. The van der Waals surface area contributed by atoms with Gasteiger partial charge in [-0.2, -0.15) is 0 Å². The van der Waals surface area contributed by atoms with Crippen molar-refractivity contribution >= 4 is 6.08 Å². The number of aliphatic hydroxyl groups is 1. The molecular formula is C27H35FN2O. The van der Waals surface area contributed by atoms with E-state index < -0.39 is 0 Å². The molecule has 0 spiro atoms. The number of aliphatic hydroxyl groups excluding tert-OH is 1. The molecule has 1 saturated heterocycles. The fraction of sp³-hybridized carbons (Fsp3) is 0.481. The summed E-state index contributed by atoms with van der Waals surface area (Å²) in [6, 6.07) is 17.4. The highest BCUT2D eigenvalue weighted by Crippen LogP contribution is 2.40. The molecule has 3 atom stereocenters. The van der Waals surface area contributed by atoms with Crippen LogP contribution in [0.2, 0.25) is 0 Å². The van der Waals surface area contributed by atoms with Gasteiger partial charge in [-0.05, 0) is 47.9 Å². The molecule has 2 aromatic rings. The van der Waals surface area contributed by atoms with Crippen LogP contribution in [0, 0.1) is 11.7 Å². The Kier molecular flexibility index (Phi) is 7.90. The zero-order valence-electron chi connectivity index (χ0n) is 18.4. The zero-order valence-corrected chi connectivity index (χ0v) is 18.4. The second kappa shape index (κ2) is 11.0. The minimum absolute atomic E-state index is 0.187. The number of rotatable bonds is 7. The van der Waals surface area contributed by atoms with Crippen LogP contribution in [0.5, 0.6) is 0 Å². The third-order valence-corrected chi connectivity index (χ3v) is 7.00. The van der Waals surface area contributed by atoms with Gasteiger partial charge in [0.25, 0.3) is 0 Å². The van der Waals surface area contributed by atoms with Crippen LogP contribution in [0.4, 0.5) is 4.39 Å². The Balaban J connectivity index is 1.25.